The van der Waals surface area contributed by atoms with E-state index in [0.717, 1.165) is 24.2 Å². The number of hydrogen-bond acceptors (Lipinski definition) is 4. The van der Waals surface area contributed by atoms with Gasteiger partial charge < -0.3 is 14.7 Å². The minimum Gasteiger partial charge on any atom is -0.504 e. The van der Waals surface area contributed by atoms with Gasteiger partial charge >= 0.3 is 0 Å². The van der Waals surface area contributed by atoms with Gasteiger partial charge in [-0.2, -0.15) is 0 Å². The highest BCUT2D eigenvalue weighted by molar-refractivity contribution is 5.89. The molecule has 88 valence electrons. The summed E-state index contributed by atoms with van der Waals surface area (Å²) < 4.78 is 5.31. The van der Waals surface area contributed by atoms with Crippen molar-refractivity contribution in [2.24, 2.45) is 0 Å². The van der Waals surface area contributed by atoms with Crippen LogP contribution in [-0.2, 0) is 4.74 Å². The summed E-state index contributed by atoms with van der Waals surface area (Å²) in [6.45, 7) is 3.04. The van der Waals surface area contributed by atoms with Crippen molar-refractivity contribution in [3.05, 3.63) is 30.5 Å². The Morgan fingerprint density at radius 3 is 2.82 bits per heavy atom. The van der Waals surface area contributed by atoms with Crippen molar-refractivity contribution in [3.8, 4) is 5.75 Å². The van der Waals surface area contributed by atoms with E-state index in [9.17, 15) is 5.11 Å². The Labute approximate surface area is 99.5 Å². The second-order valence-electron chi connectivity index (χ2n) is 4.11. The van der Waals surface area contributed by atoms with Crippen molar-refractivity contribution in [2.45, 2.75) is 0 Å². The zero-order chi connectivity index (χ0) is 11.7. The van der Waals surface area contributed by atoms with Gasteiger partial charge in [0.05, 0.1) is 18.9 Å². The molecule has 0 bridgehead atoms. The summed E-state index contributed by atoms with van der Waals surface area (Å²) in [7, 11) is 0. The fraction of sp³-hybridized carbons (Fsp3) is 0.308. The average Bonchev–Trinajstić information content (AvgIpc) is 2.40. The van der Waals surface area contributed by atoms with Crippen LogP contribution in [0.4, 0.5) is 5.69 Å². The van der Waals surface area contributed by atoms with Crippen LogP contribution >= 0.6 is 0 Å². The minimum absolute atomic E-state index is 0.269. The van der Waals surface area contributed by atoms with Crippen LogP contribution in [0, 0.1) is 0 Å². The molecule has 0 unspecified atom stereocenters. The van der Waals surface area contributed by atoms with Gasteiger partial charge in [0.15, 0.2) is 5.75 Å². The first-order valence-electron chi connectivity index (χ1n) is 5.75. The highest BCUT2D eigenvalue weighted by Crippen LogP contribution is 2.33. The number of hydrogen-bond donors (Lipinski definition) is 1. The van der Waals surface area contributed by atoms with Crippen molar-refractivity contribution >= 4 is 16.6 Å². The summed E-state index contributed by atoms with van der Waals surface area (Å²) in [5, 5.41) is 11.2. The van der Waals surface area contributed by atoms with Crippen molar-refractivity contribution < 1.29 is 9.84 Å². The number of ether oxygens (including phenoxy) is 1. The zero-order valence-corrected chi connectivity index (χ0v) is 9.47. The first-order valence-corrected chi connectivity index (χ1v) is 5.75. The number of phenols is 1. The number of aromatic hydroxyl groups is 1. The van der Waals surface area contributed by atoms with Crippen molar-refractivity contribution in [1.29, 1.82) is 0 Å². The molecule has 2 aromatic rings. The van der Waals surface area contributed by atoms with Gasteiger partial charge in [-0.1, -0.05) is 12.1 Å². The Balaban J connectivity index is 2.07. The summed E-state index contributed by atoms with van der Waals surface area (Å²) in [5.74, 6) is 0.269. The van der Waals surface area contributed by atoms with Crippen molar-refractivity contribution in [3.63, 3.8) is 0 Å². The number of anilines is 1. The third-order valence-corrected chi connectivity index (χ3v) is 3.08. The smallest absolute Gasteiger partial charge is 0.165 e. The van der Waals surface area contributed by atoms with E-state index in [1.165, 1.54) is 0 Å². The van der Waals surface area contributed by atoms with E-state index in [4.69, 9.17) is 4.74 Å². The molecule has 4 heteroatoms. The number of fused-ring (bicyclic) bond motifs is 1. The summed E-state index contributed by atoms with van der Waals surface area (Å²) in [5.41, 5.74) is 1.51. The van der Waals surface area contributed by atoms with Gasteiger partial charge in [0, 0.05) is 24.7 Å². The fourth-order valence-corrected chi connectivity index (χ4v) is 2.18. The monoisotopic (exact) mass is 230 g/mol. The molecule has 0 aliphatic carbocycles. The lowest BCUT2D eigenvalue weighted by atomic mass is 10.1. The maximum atomic E-state index is 10.3. The standard InChI is InChI=1S/C13H14N2O2/c16-13-11(15-6-8-17-9-7-15)4-3-10-2-1-5-14-12(10)13/h1-5,16H,6-9H2. The molecule has 0 spiro atoms. The molecule has 4 nitrogen and oxygen atoms in total. The highest BCUT2D eigenvalue weighted by Gasteiger charge is 2.16. The number of rotatable bonds is 1. The maximum absolute atomic E-state index is 10.3. The van der Waals surface area contributed by atoms with E-state index in [2.05, 4.69) is 9.88 Å². The molecule has 1 fully saturated rings. The molecule has 0 saturated carbocycles. The molecule has 0 atom stereocenters. The van der Waals surface area contributed by atoms with Gasteiger partial charge in [0.25, 0.3) is 0 Å². The maximum Gasteiger partial charge on any atom is 0.165 e. The van der Waals surface area contributed by atoms with E-state index in [0.29, 0.717) is 18.7 Å². The Kier molecular flexibility index (Phi) is 2.57. The predicted octanol–water partition coefficient (Wildman–Crippen LogP) is 1.78. The molecule has 1 saturated heterocycles. The van der Waals surface area contributed by atoms with Crippen LogP contribution in [0.15, 0.2) is 30.5 Å². The largest absolute Gasteiger partial charge is 0.504 e. The lowest BCUT2D eigenvalue weighted by Gasteiger charge is -2.29. The first-order chi connectivity index (χ1) is 8.36. The van der Waals surface area contributed by atoms with E-state index in [1.54, 1.807) is 6.20 Å². The third-order valence-electron chi connectivity index (χ3n) is 3.08. The van der Waals surface area contributed by atoms with Crippen LogP contribution in [0.5, 0.6) is 5.75 Å². The third kappa shape index (κ3) is 1.80. The van der Waals surface area contributed by atoms with Gasteiger partial charge in [-0.25, -0.2) is 0 Å². The van der Waals surface area contributed by atoms with E-state index >= 15 is 0 Å². The number of morpholine rings is 1. The Hall–Kier alpha value is -1.81. The number of phenolic OH excluding ortho intramolecular Hbond substituents is 1. The summed E-state index contributed by atoms with van der Waals surface area (Å²) in [6.07, 6.45) is 1.70. The Morgan fingerprint density at radius 2 is 2.00 bits per heavy atom. The van der Waals surface area contributed by atoms with Gasteiger partial charge in [-0.15, -0.1) is 0 Å². The molecule has 0 radical (unpaired) electrons. The van der Waals surface area contributed by atoms with Crippen molar-refractivity contribution in [1.82, 2.24) is 4.98 Å². The molecule has 1 aromatic heterocycles. The molecular formula is C13H14N2O2. The predicted molar refractivity (Wildman–Crippen MR) is 66.4 cm³/mol. The molecule has 1 aromatic carbocycles. The number of benzene rings is 1. The molecular weight excluding hydrogens is 216 g/mol. The molecule has 1 aliphatic heterocycles. The quantitative estimate of drug-likeness (QED) is 0.811. The number of nitrogens with zero attached hydrogens (tertiary/aromatic N) is 2. The molecule has 3 rings (SSSR count). The Bertz CT molecular complexity index is 536. The van der Waals surface area contributed by atoms with E-state index in [1.807, 2.05) is 24.3 Å². The summed E-state index contributed by atoms with van der Waals surface area (Å²) in [6, 6.07) is 7.76. The van der Waals surface area contributed by atoms with Crippen LogP contribution in [0.25, 0.3) is 10.9 Å². The average molecular weight is 230 g/mol. The van der Waals surface area contributed by atoms with Crippen LogP contribution < -0.4 is 4.90 Å². The topological polar surface area (TPSA) is 45.6 Å². The fourth-order valence-electron chi connectivity index (χ4n) is 2.18. The summed E-state index contributed by atoms with van der Waals surface area (Å²) in [4.78, 5) is 6.36. The zero-order valence-electron chi connectivity index (χ0n) is 9.47. The van der Waals surface area contributed by atoms with Gasteiger partial charge in [-0.3, -0.25) is 4.98 Å². The Morgan fingerprint density at radius 1 is 1.18 bits per heavy atom. The highest BCUT2D eigenvalue weighted by atomic mass is 16.5. The van der Waals surface area contributed by atoms with Crippen LogP contribution in [0.2, 0.25) is 0 Å². The lowest BCUT2D eigenvalue weighted by Crippen LogP contribution is -2.36. The summed E-state index contributed by atoms with van der Waals surface area (Å²) >= 11 is 0. The molecule has 17 heavy (non-hydrogen) atoms. The van der Waals surface area contributed by atoms with Crippen LogP contribution in [-0.4, -0.2) is 36.4 Å². The molecule has 0 amide bonds. The minimum atomic E-state index is 0.269. The van der Waals surface area contributed by atoms with Gasteiger partial charge in [0.1, 0.15) is 5.52 Å². The van der Waals surface area contributed by atoms with Crippen LogP contribution in [0.3, 0.4) is 0 Å². The molecule has 2 heterocycles. The van der Waals surface area contributed by atoms with E-state index < -0.39 is 0 Å². The van der Waals surface area contributed by atoms with Gasteiger partial charge in [0.2, 0.25) is 0 Å². The number of aromatic nitrogens is 1. The molecule has 1 N–H and O–H groups in total. The lowest BCUT2D eigenvalue weighted by molar-refractivity contribution is 0.122. The normalized spacial score (nSPS) is 16.4. The number of pyridine rings is 1. The van der Waals surface area contributed by atoms with Gasteiger partial charge in [-0.05, 0) is 12.1 Å². The second-order valence-corrected chi connectivity index (χ2v) is 4.11. The second kappa shape index (κ2) is 4.22. The van der Waals surface area contributed by atoms with E-state index in [-0.39, 0.29) is 5.75 Å². The van der Waals surface area contributed by atoms with Crippen molar-refractivity contribution in [2.75, 3.05) is 31.2 Å². The SMILES string of the molecule is Oc1c(N2CCOCC2)ccc2cccnc12. The first kappa shape index (κ1) is 10.4. The molecule has 1 aliphatic rings. The van der Waals surface area contributed by atoms with Crippen LogP contribution in [0.1, 0.15) is 0 Å².